The van der Waals surface area contributed by atoms with E-state index in [1.54, 1.807) is 18.2 Å². The normalized spacial score (nSPS) is 11.9. The molecule has 2 aromatic carbocycles. The van der Waals surface area contributed by atoms with E-state index in [-0.39, 0.29) is 33.5 Å². The van der Waals surface area contributed by atoms with E-state index < -0.39 is 25.8 Å². The number of anilines is 1. The van der Waals surface area contributed by atoms with E-state index in [1.807, 2.05) is 13.8 Å². The van der Waals surface area contributed by atoms with Gasteiger partial charge in [-0.2, -0.15) is 0 Å². The SMILES string of the molecule is CCS(=O)(=O)CCNC(=O)c1cc(S(=O)(=O)Nc2ccc(C)c(C)c2)ccc1Cl. The first kappa shape index (κ1) is 23.2. The molecule has 0 radical (unpaired) electrons. The second kappa shape index (κ2) is 9.15. The summed E-state index contributed by atoms with van der Waals surface area (Å²) in [5.41, 5.74) is 2.31. The maximum atomic E-state index is 12.7. The van der Waals surface area contributed by atoms with Crippen molar-refractivity contribution in [2.24, 2.45) is 0 Å². The van der Waals surface area contributed by atoms with Crippen molar-refractivity contribution in [2.45, 2.75) is 25.7 Å². The van der Waals surface area contributed by atoms with Gasteiger partial charge in [-0.25, -0.2) is 16.8 Å². The fraction of sp³-hybridized carbons (Fsp3) is 0.316. The minimum absolute atomic E-state index is 0.0263. The lowest BCUT2D eigenvalue weighted by atomic mass is 10.1. The van der Waals surface area contributed by atoms with Crippen molar-refractivity contribution in [3.8, 4) is 0 Å². The number of carbonyl (C=O) groups is 1. The van der Waals surface area contributed by atoms with E-state index in [9.17, 15) is 21.6 Å². The predicted octanol–water partition coefficient (Wildman–Crippen LogP) is 2.92. The van der Waals surface area contributed by atoms with Crippen LogP contribution in [0.15, 0.2) is 41.3 Å². The highest BCUT2D eigenvalue weighted by Gasteiger charge is 2.19. The van der Waals surface area contributed by atoms with Crippen LogP contribution >= 0.6 is 11.6 Å². The number of sulfonamides is 1. The van der Waals surface area contributed by atoms with Gasteiger partial charge in [0.15, 0.2) is 9.84 Å². The number of hydrogen-bond acceptors (Lipinski definition) is 5. The Labute approximate surface area is 176 Å². The zero-order valence-corrected chi connectivity index (χ0v) is 18.7. The molecule has 2 rings (SSSR count). The van der Waals surface area contributed by atoms with Crippen LogP contribution in [-0.4, -0.2) is 40.8 Å². The van der Waals surface area contributed by atoms with Gasteiger partial charge >= 0.3 is 0 Å². The molecule has 0 bridgehead atoms. The van der Waals surface area contributed by atoms with Crippen molar-refractivity contribution in [3.63, 3.8) is 0 Å². The number of sulfone groups is 1. The van der Waals surface area contributed by atoms with Gasteiger partial charge in [-0.05, 0) is 55.3 Å². The molecular formula is C19H23ClN2O5S2. The van der Waals surface area contributed by atoms with Crippen LogP contribution in [-0.2, 0) is 19.9 Å². The molecular weight excluding hydrogens is 436 g/mol. The van der Waals surface area contributed by atoms with Crippen LogP contribution in [0.25, 0.3) is 0 Å². The lowest BCUT2D eigenvalue weighted by Crippen LogP contribution is -2.30. The lowest BCUT2D eigenvalue weighted by Gasteiger charge is -2.12. The van der Waals surface area contributed by atoms with Crippen LogP contribution in [0, 0.1) is 13.8 Å². The second-order valence-electron chi connectivity index (χ2n) is 6.54. The van der Waals surface area contributed by atoms with E-state index in [4.69, 9.17) is 11.6 Å². The third kappa shape index (κ3) is 6.19. The fourth-order valence-corrected chi connectivity index (χ4v) is 4.40. The average molecular weight is 459 g/mol. The highest BCUT2D eigenvalue weighted by atomic mass is 35.5. The summed E-state index contributed by atoms with van der Waals surface area (Å²) in [7, 11) is -7.18. The molecule has 29 heavy (non-hydrogen) atoms. The van der Waals surface area contributed by atoms with E-state index in [2.05, 4.69) is 10.0 Å². The summed E-state index contributed by atoms with van der Waals surface area (Å²) >= 11 is 6.04. The van der Waals surface area contributed by atoms with Gasteiger partial charge in [0, 0.05) is 18.0 Å². The monoisotopic (exact) mass is 458 g/mol. The zero-order chi connectivity index (χ0) is 21.8. The Morgan fingerprint density at radius 1 is 1.00 bits per heavy atom. The number of benzene rings is 2. The van der Waals surface area contributed by atoms with Gasteiger partial charge in [-0.3, -0.25) is 9.52 Å². The number of nitrogens with one attached hydrogen (secondary N) is 2. The van der Waals surface area contributed by atoms with Crippen LogP contribution in [0.2, 0.25) is 5.02 Å². The molecule has 7 nitrogen and oxygen atoms in total. The first-order valence-electron chi connectivity index (χ1n) is 8.83. The predicted molar refractivity (Wildman–Crippen MR) is 115 cm³/mol. The molecule has 2 N–H and O–H groups in total. The summed E-state index contributed by atoms with van der Waals surface area (Å²) < 4.78 is 50.9. The highest BCUT2D eigenvalue weighted by Crippen LogP contribution is 2.23. The molecule has 0 saturated heterocycles. The molecule has 0 atom stereocenters. The lowest BCUT2D eigenvalue weighted by molar-refractivity contribution is 0.0956. The largest absolute Gasteiger partial charge is 0.351 e. The number of rotatable bonds is 8. The minimum Gasteiger partial charge on any atom is -0.351 e. The molecule has 2 aromatic rings. The molecule has 0 aliphatic carbocycles. The third-order valence-electron chi connectivity index (χ3n) is 4.39. The number of carbonyl (C=O) groups excluding carboxylic acids is 1. The van der Waals surface area contributed by atoms with Crippen LogP contribution in [0.5, 0.6) is 0 Å². The Hall–Kier alpha value is -2.10. The van der Waals surface area contributed by atoms with E-state index in [1.165, 1.54) is 19.1 Å². The van der Waals surface area contributed by atoms with Gasteiger partial charge in [0.1, 0.15) is 0 Å². The Kier molecular flexibility index (Phi) is 7.31. The van der Waals surface area contributed by atoms with Crippen molar-refractivity contribution in [1.82, 2.24) is 5.32 Å². The molecule has 1 amide bonds. The van der Waals surface area contributed by atoms with E-state index in [0.717, 1.165) is 17.2 Å². The van der Waals surface area contributed by atoms with Crippen LogP contribution < -0.4 is 10.0 Å². The minimum atomic E-state index is -3.95. The molecule has 0 spiro atoms. The van der Waals surface area contributed by atoms with E-state index in [0.29, 0.717) is 5.69 Å². The van der Waals surface area contributed by atoms with Gasteiger partial charge in [0.2, 0.25) is 0 Å². The highest BCUT2D eigenvalue weighted by molar-refractivity contribution is 7.92. The second-order valence-corrected chi connectivity index (χ2v) is 11.1. The summed E-state index contributed by atoms with van der Waals surface area (Å²) in [6.45, 7) is 5.22. The Balaban J connectivity index is 2.22. The molecule has 0 saturated carbocycles. The van der Waals surface area contributed by atoms with Crippen molar-refractivity contribution in [1.29, 1.82) is 0 Å². The van der Waals surface area contributed by atoms with E-state index >= 15 is 0 Å². The quantitative estimate of drug-likeness (QED) is 0.632. The average Bonchev–Trinajstić information content (AvgIpc) is 2.64. The molecule has 0 aliphatic rings. The fourth-order valence-electron chi connectivity index (χ4n) is 2.42. The maximum Gasteiger partial charge on any atom is 0.261 e. The number of hydrogen-bond donors (Lipinski definition) is 2. The van der Waals surface area contributed by atoms with Gasteiger partial charge < -0.3 is 5.32 Å². The molecule has 0 unspecified atom stereocenters. The summed E-state index contributed by atoms with van der Waals surface area (Å²) in [4.78, 5) is 12.2. The molecule has 0 aromatic heterocycles. The molecule has 0 fully saturated rings. The summed E-state index contributed by atoms with van der Waals surface area (Å²) in [6, 6.07) is 8.94. The topological polar surface area (TPSA) is 109 Å². The van der Waals surface area contributed by atoms with Crippen LogP contribution in [0.3, 0.4) is 0 Å². The van der Waals surface area contributed by atoms with Crippen LogP contribution in [0.1, 0.15) is 28.4 Å². The van der Waals surface area contributed by atoms with Gasteiger partial charge in [-0.1, -0.05) is 24.6 Å². The molecule has 10 heteroatoms. The summed E-state index contributed by atoms with van der Waals surface area (Å²) in [6.07, 6.45) is 0. The van der Waals surface area contributed by atoms with Gasteiger partial charge in [0.05, 0.1) is 21.2 Å². The Morgan fingerprint density at radius 3 is 2.31 bits per heavy atom. The first-order valence-corrected chi connectivity index (χ1v) is 12.5. The zero-order valence-electron chi connectivity index (χ0n) is 16.3. The standard InChI is InChI=1S/C19H23ClN2O5S2/c1-4-28(24,25)10-9-21-19(23)17-12-16(7-8-18(17)20)29(26,27)22-15-6-5-13(2)14(3)11-15/h5-8,11-12,22H,4,9-10H2,1-3H3,(H,21,23). The Bertz CT molecular complexity index is 1130. The molecule has 158 valence electrons. The number of halogens is 1. The Morgan fingerprint density at radius 2 is 1.69 bits per heavy atom. The number of amides is 1. The van der Waals surface area contributed by atoms with Crippen molar-refractivity contribution < 1.29 is 21.6 Å². The maximum absolute atomic E-state index is 12.7. The molecule has 0 aliphatic heterocycles. The summed E-state index contributed by atoms with van der Waals surface area (Å²) in [5.74, 6) is -0.884. The third-order valence-corrected chi connectivity index (χ3v) is 7.80. The molecule has 0 heterocycles. The van der Waals surface area contributed by atoms with Gasteiger partial charge in [-0.15, -0.1) is 0 Å². The smallest absolute Gasteiger partial charge is 0.261 e. The van der Waals surface area contributed by atoms with Crippen LogP contribution in [0.4, 0.5) is 5.69 Å². The van der Waals surface area contributed by atoms with Crippen molar-refractivity contribution in [3.05, 3.63) is 58.1 Å². The number of aryl methyl sites for hydroxylation is 2. The summed E-state index contributed by atoms with van der Waals surface area (Å²) in [5, 5.41) is 2.52. The van der Waals surface area contributed by atoms with Crippen molar-refractivity contribution in [2.75, 3.05) is 22.8 Å². The first-order chi connectivity index (χ1) is 13.4. The van der Waals surface area contributed by atoms with Crippen molar-refractivity contribution >= 4 is 43.1 Å². The van der Waals surface area contributed by atoms with Gasteiger partial charge in [0.25, 0.3) is 15.9 Å².